The number of halogens is 3. The smallest absolute Gasteiger partial charge is 0.329 e. The minimum Gasteiger partial charge on any atom is -0.329 e. The predicted molar refractivity (Wildman–Crippen MR) is 91.1 cm³/mol. The van der Waals surface area contributed by atoms with Crippen LogP contribution in [0.4, 0.5) is 13.2 Å². The van der Waals surface area contributed by atoms with Gasteiger partial charge in [-0.25, -0.2) is 0 Å². The molecule has 0 aromatic carbocycles. The van der Waals surface area contributed by atoms with Crippen molar-refractivity contribution < 1.29 is 22.5 Å². The molecule has 0 N–H and O–H groups in total. The van der Waals surface area contributed by atoms with Crippen LogP contribution in [0.1, 0.15) is 46.9 Å². The lowest BCUT2D eigenvalue weighted by atomic mass is 10.1. The summed E-state index contributed by atoms with van der Waals surface area (Å²) in [5.74, 6) is 0.809. The maximum atomic E-state index is 12.6. The molecule has 0 saturated carbocycles. The molecule has 0 amide bonds. The molecule has 27 heavy (non-hydrogen) atoms. The number of hydrogen-bond donors (Lipinski definition) is 0. The summed E-state index contributed by atoms with van der Waals surface area (Å²) in [4.78, 5) is 16.6. The van der Waals surface area contributed by atoms with E-state index in [9.17, 15) is 18.0 Å². The number of carbonyl (C=O) groups is 1. The average Bonchev–Trinajstić information content (AvgIpc) is 3.37. The van der Waals surface area contributed by atoms with E-state index in [-0.39, 0.29) is 24.1 Å². The number of nitrogens with zero attached hydrogens (tertiary/aromatic N) is 4. The molecule has 0 aliphatic heterocycles. The Bertz CT molecular complexity index is 996. The van der Waals surface area contributed by atoms with Gasteiger partial charge in [0.25, 0.3) is 0 Å². The molecule has 3 aromatic rings. The lowest BCUT2D eigenvalue weighted by Crippen LogP contribution is -2.05. The van der Waals surface area contributed by atoms with Crippen molar-refractivity contribution in [3.05, 3.63) is 40.9 Å². The van der Waals surface area contributed by atoms with Gasteiger partial charge in [-0.05, 0) is 19.1 Å². The molecule has 140 valence electrons. The van der Waals surface area contributed by atoms with Gasteiger partial charge < -0.3 is 4.52 Å². The molecule has 0 aliphatic carbocycles. The van der Waals surface area contributed by atoms with Crippen LogP contribution in [0.15, 0.2) is 29.0 Å². The number of ketones is 1. The van der Waals surface area contributed by atoms with Gasteiger partial charge in [0.15, 0.2) is 5.78 Å². The van der Waals surface area contributed by atoms with Gasteiger partial charge in [-0.3, -0.25) is 9.48 Å². The number of Topliss-reactive ketones (excluding diaryl/α,β-unsaturated/α-hetero) is 1. The van der Waals surface area contributed by atoms with Gasteiger partial charge in [0, 0.05) is 23.9 Å². The van der Waals surface area contributed by atoms with E-state index < -0.39 is 12.1 Å². The zero-order valence-electron chi connectivity index (χ0n) is 14.0. The van der Waals surface area contributed by atoms with E-state index in [0.717, 1.165) is 4.88 Å². The van der Waals surface area contributed by atoms with Crippen LogP contribution in [0.2, 0.25) is 0 Å². The lowest BCUT2D eigenvalue weighted by Gasteiger charge is -2.09. The highest BCUT2D eigenvalue weighted by Crippen LogP contribution is 2.34. The number of aromatic nitrogens is 4. The first kappa shape index (κ1) is 18.8. The normalized spacial score (nSPS) is 12.7. The third kappa shape index (κ3) is 4.09. The van der Waals surface area contributed by atoms with Gasteiger partial charge >= 0.3 is 12.1 Å². The van der Waals surface area contributed by atoms with E-state index in [1.807, 2.05) is 6.92 Å². The molecule has 3 aromatic heterocycles. The van der Waals surface area contributed by atoms with Gasteiger partial charge in [0.05, 0.1) is 22.7 Å². The van der Waals surface area contributed by atoms with Gasteiger partial charge in [-0.2, -0.15) is 23.3 Å². The fraction of sp³-hybridized carbons (Fsp3) is 0.294. The number of carbonyl (C=O) groups excluding carboxylic acids is 1. The summed E-state index contributed by atoms with van der Waals surface area (Å²) in [6, 6.07) is 3.13. The number of alkyl halides is 3. The predicted octanol–water partition coefficient (Wildman–Crippen LogP) is 4.22. The van der Waals surface area contributed by atoms with Crippen LogP contribution >= 0.6 is 11.3 Å². The summed E-state index contributed by atoms with van der Waals surface area (Å²) >= 11 is 1.22. The molecule has 3 rings (SSSR count). The Labute approximate surface area is 156 Å². The zero-order valence-corrected chi connectivity index (χ0v) is 14.8. The Hall–Kier alpha value is -2.93. The second-order valence-electron chi connectivity index (χ2n) is 5.64. The van der Waals surface area contributed by atoms with Gasteiger partial charge in [0.1, 0.15) is 0 Å². The average molecular weight is 394 g/mol. The number of thiophene rings is 1. The minimum atomic E-state index is -4.68. The topological polar surface area (TPSA) is 73.8 Å². The van der Waals surface area contributed by atoms with E-state index >= 15 is 0 Å². The third-order valence-corrected chi connectivity index (χ3v) is 5.00. The lowest BCUT2D eigenvalue weighted by molar-refractivity contribution is -0.159. The van der Waals surface area contributed by atoms with Crippen molar-refractivity contribution in [2.24, 2.45) is 0 Å². The van der Waals surface area contributed by atoms with Crippen molar-refractivity contribution in [1.82, 2.24) is 19.9 Å². The molecule has 0 aliphatic rings. The molecule has 0 saturated heterocycles. The molecule has 0 fully saturated rings. The molecule has 3 heterocycles. The van der Waals surface area contributed by atoms with Crippen LogP contribution in [0.5, 0.6) is 0 Å². The standard InChI is InChI=1S/C17H13F3N4O2S/c1-3-4-5-12(25)11-8-21-24(9-11)10(2)13-6-7-14(27-13)15-22-16(26-23-15)17(18,19)20/h1,6-10H,4-5H2,2H3. The fourth-order valence-corrected chi connectivity index (χ4v) is 3.27. The first-order valence-corrected chi connectivity index (χ1v) is 8.63. The second kappa shape index (κ2) is 7.36. The summed E-state index contributed by atoms with van der Waals surface area (Å²) in [5, 5.41) is 7.57. The molecule has 1 unspecified atom stereocenters. The fourth-order valence-electron chi connectivity index (χ4n) is 2.29. The monoisotopic (exact) mass is 394 g/mol. The maximum Gasteiger partial charge on any atom is 0.471 e. The highest BCUT2D eigenvalue weighted by Gasteiger charge is 2.38. The Morgan fingerprint density at radius 1 is 1.44 bits per heavy atom. The van der Waals surface area contributed by atoms with Gasteiger partial charge in [-0.15, -0.1) is 23.7 Å². The molecular formula is C17H13F3N4O2S. The summed E-state index contributed by atoms with van der Waals surface area (Å²) < 4.78 is 43.6. The molecule has 1 atom stereocenters. The van der Waals surface area contributed by atoms with Crippen molar-refractivity contribution in [1.29, 1.82) is 0 Å². The van der Waals surface area contributed by atoms with Gasteiger partial charge in [-0.1, -0.05) is 5.16 Å². The summed E-state index contributed by atoms with van der Waals surface area (Å²) in [6.45, 7) is 1.86. The zero-order chi connectivity index (χ0) is 19.6. The largest absolute Gasteiger partial charge is 0.471 e. The van der Waals surface area contributed by atoms with Crippen molar-refractivity contribution in [3.63, 3.8) is 0 Å². The van der Waals surface area contributed by atoms with Crippen molar-refractivity contribution >= 4 is 17.1 Å². The second-order valence-corrected chi connectivity index (χ2v) is 6.75. The maximum absolute atomic E-state index is 12.6. The van der Waals surface area contributed by atoms with Crippen LogP contribution in [0, 0.1) is 12.3 Å². The van der Waals surface area contributed by atoms with Crippen LogP contribution in [0.25, 0.3) is 10.7 Å². The SMILES string of the molecule is C#CCCC(=O)c1cnn(C(C)c2ccc(-c3noc(C(F)(F)F)n3)s2)c1. The van der Waals surface area contributed by atoms with Crippen LogP contribution in [-0.2, 0) is 6.18 Å². The number of rotatable bonds is 6. The van der Waals surface area contributed by atoms with Crippen LogP contribution in [-0.4, -0.2) is 25.7 Å². The first-order valence-electron chi connectivity index (χ1n) is 7.81. The first-order chi connectivity index (χ1) is 12.8. The molecular weight excluding hydrogens is 381 g/mol. The quantitative estimate of drug-likeness (QED) is 0.462. The highest BCUT2D eigenvalue weighted by atomic mass is 32.1. The van der Waals surface area contributed by atoms with Crippen LogP contribution in [0.3, 0.4) is 0 Å². The Morgan fingerprint density at radius 2 is 2.22 bits per heavy atom. The van der Waals surface area contributed by atoms with E-state index in [2.05, 4.69) is 25.7 Å². The molecule has 10 heteroatoms. The van der Waals surface area contributed by atoms with E-state index in [0.29, 0.717) is 16.9 Å². The van der Waals surface area contributed by atoms with Crippen molar-refractivity contribution in [2.45, 2.75) is 32.0 Å². The van der Waals surface area contributed by atoms with E-state index in [4.69, 9.17) is 6.42 Å². The summed E-state index contributed by atoms with van der Waals surface area (Å²) in [7, 11) is 0. The van der Waals surface area contributed by atoms with E-state index in [1.54, 1.807) is 23.0 Å². The summed E-state index contributed by atoms with van der Waals surface area (Å²) in [6.07, 6.45) is 4.18. The number of terminal acetylenes is 1. The van der Waals surface area contributed by atoms with Crippen LogP contribution < -0.4 is 0 Å². The van der Waals surface area contributed by atoms with E-state index in [1.165, 1.54) is 17.5 Å². The third-order valence-electron chi connectivity index (χ3n) is 3.74. The van der Waals surface area contributed by atoms with Crippen molar-refractivity contribution in [2.75, 3.05) is 0 Å². The van der Waals surface area contributed by atoms with Crippen molar-refractivity contribution in [3.8, 4) is 23.0 Å². The number of hydrogen-bond acceptors (Lipinski definition) is 6. The summed E-state index contributed by atoms with van der Waals surface area (Å²) in [5.41, 5.74) is 0.460. The Morgan fingerprint density at radius 3 is 2.89 bits per heavy atom. The highest BCUT2D eigenvalue weighted by molar-refractivity contribution is 7.15. The molecule has 6 nitrogen and oxygen atoms in total. The Kier molecular flexibility index (Phi) is 5.14. The molecule has 0 spiro atoms. The Balaban J connectivity index is 1.77. The van der Waals surface area contributed by atoms with Gasteiger partial charge in [0.2, 0.25) is 5.82 Å². The molecule has 0 radical (unpaired) electrons. The molecule has 0 bridgehead atoms. The minimum absolute atomic E-state index is 0.0928.